The van der Waals surface area contributed by atoms with E-state index in [9.17, 15) is 4.79 Å². The lowest BCUT2D eigenvalue weighted by molar-refractivity contribution is -0.134. The van der Waals surface area contributed by atoms with Gasteiger partial charge in [0.2, 0.25) is 0 Å². The smallest absolute Gasteiger partial charge is 0.311 e. The molecule has 0 radical (unpaired) electrons. The first-order chi connectivity index (χ1) is 27.4. The highest BCUT2D eigenvalue weighted by Crippen LogP contribution is 2.62. The van der Waals surface area contributed by atoms with E-state index < -0.39 is 10.8 Å². The van der Waals surface area contributed by atoms with Crippen molar-refractivity contribution in [3.8, 4) is 28.3 Å². The third-order valence-corrected chi connectivity index (χ3v) is 13.0. The molecule has 4 nitrogen and oxygen atoms in total. The van der Waals surface area contributed by atoms with Crippen LogP contribution in [0.2, 0.25) is 0 Å². The van der Waals surface area contributed by atoms with Gasteiger partial charge in [-0.05, 0) is 114 Å². The molecule has 2 atom stereocenters. The highest BCUT2D eigenvalue weighted by molar-refractivity contribution is 9.10. The largest absolute Gasteiger partial charge is 0.427 e. The van der Waals surface area contributed by atoms with Crippen LogP contribution in [0, 0.1) is 0 Å². The molecule has 6 heteroatoms. The van der Waals surface area contributed by atoms with Crippen molar-refractivity contribution < 1.29 is 9.53 Å². The van der Waals surface area contributed by atoms with Crippen LogP contribution in [0.25, 0.3) is 44.3 Å². The molecule has 8 aromatic rings. The molecule has 10 rings (SSSR count). The van der Waals surface area contributed by atoms with Crippen LogP contribution < -0.4 is 4.74 Å². The van der Waals surface area contributed by atoms with Crippen molar-refractivity contribution in [1.82, 2.24) is 9.97 Å². The Morgan fingerprint density at radius 2 is 1.04 bits per heavy atom. The van der Waals surface area contributed by atoms with Gasteiger partial charge < -0.3 is 4.74 Å². The van der Waals surface area contributed by atoms with Crippen LogP contribution in [0.4, 0.5) is 0 Å². The Hall–Kier alpha value is -5.43. The number of aryl methyl sites for hydroxylation is 1. The Bertz CT molecular complexity index is 2820. The minimum atomic E-state index is -0.634. The van der Waals surface area contributed by atoms with E-state index in [1.807, 2.05) is 36.4 Å². The van der Waals surface area contributed by atoms with Gasteiger partial charge >= 0.3 is 5.97 Å². The summed E-state index contributed by atoms with van der Waals surface area (Å²) >= 11 is 7.78. The van der Waals surface area contributed by atoms with Crippen molar-refractivity contribution >= 4 is 59.6 Å². The van der Waals surface area contributed by atoms with E-state index in [0.29, 0.717) is 18.6 Å². The van der Waals surface area contributed by atoms with Crippen LogP contribution in [-0.2, 0) is 22.0 Å². The molecular formula is C50H36Br2N2O2. The van der Waals surface area contributed by atoms with E-state index >= 15 is 0 Å². The molecule has 0 N–H and O–H groups in total. The maximum absolute atomic E-state index is 14.0. The fourth-order valence-electron chi connectivity index (χ4n) is 9.50. The predicted molar refractivity (Wildman–Crippen MR) is 232 cm³/mol. The van der Waals surface area contributed by atoms with Crippen LogP contribution in [-0.4, -0.2) is 15.9 Å². The standard InChI is InChI=1S/C50H36Br2N2O2/c51-35-19-21-38-40(29-35)49(25-23-32-11-3-1-4-12-32,42-27-33-13-7-9-17-44(33)53-47(38)42)31-50(26-24-46(55)56-37-15-5-2-6-16-37)41-30-36(52)20-22-39(41)48-43(50)28-34-14-8-10-18-45(34)54-48/h1-22,27-30H,23-26,31H2/t49-,50+/m1/s1. The summed E-state index contributed by atoms with van der Waals surface area (Å²) in [5.74, 6) is 0.297. The number of fused-ring (bicyclic) bond motifs is 8. The van der Waals surface area contributed by atoms with Gasteiger partial charge in [-0.15, -0.1) is 0 Å². The van der Waals surface area contributed by atoms with Crippen molar-refractivity contribution in [2.75, 3.05) is 0 Å². The first-order valence-electron chi connectivity index (χ1n) is 19.1. The molecule has 0 saturated heterocycles. The Labute approximate surface area is 342 Å². The summed E-state index contributed by atoms with van der Waals surface area (Å²) in [6.07, 6.45) is 3.14. The molecule has 0 aliphatic heterocycles. The highest BCUT2D eigenvalue weighted by atomic mass is 79.9. The van der Waals surface area contributed by atoms with Gasteiger partial charge in [0, 0.05) is 48.1 Å². The zero-order valence-electron chi connectivity index (χ0n) is 30.5. The molecule has 0 amide bonds. The number of hydrogen-bond acceptors (Lipinski definition) is 4. The molecule has 0 unspecified atom stereocenters. The van der Waals surface area contributed by atoms with Crippen molar-refractivity contribution in [3.63, 3.8) is 0 Å². The summed E-state index contributed by atoms with van der Waals surface area (Å²) in [4.78, 5) is 24.8. The first-order valence-corrected chi connectivity index (χ1v) is 20.7. The predicted octanol–water partition coefficient (Wildman–Crippen LogP) is 12.9. The van der Waals surface area contributed by atoms with E-state index in [-0.39, 0.29) is 12.4 Å². The summed E-state index contributed by atoms with van der Waals surface area (Å²) in [6.45, 7) is 0. The van der Waals surface area contributed by atoms with Crippen LogP contribution in [0.1, 0.15) is 53.5 Å². The fourth-order valence-corrected chi connectivity index (χ4v) is 10.2. The number of pyridine rings is 2. The number of aromatic nitrogens is 2. The number of carbonyl (C=O) groups excluding carboxylic acids is 1. The van der Waals surface area contributed by atoms with Gasteiger partial charge in [0.1, 0.15) is 5.75 Å². The van der Waals surface area contributed by atoms with Crippen molar-refractivity contribution in [2.24, 2.45) is 0 Å². The van der Waals surface area contributed by atoms with Gasteiger partial charge in [-0.1, -0.05) is 129 Å². The zero-order valence-corrected chi connectivity index (χ0v) is 33.7. The molecule has 0 spiro atoms. The zero-order chi connectivity index (χ0) is 37.9. The first kappa shape index (κ1) is 35.0. The third kappa shape index (κ3) is 5.89. The van der Waals surface area contributed by atoms with Crippen molar-refractivity contribution in [1.29, 1.82) is 0 Å². The van der Waals surface area contributed by atoms with Crippen molar-refractivity contribution in [3.05, 3.63) is 194 Å². The average molecular weight is 857 g/mol. The van der Waals surface area contributed by atoms with Crippen LogP contribution >= 0.6 is 31.9 Å². The number of hydrogen-bond donors (Lipinski definition) is 0. The lowest BCUT2D eigenvalue weighted by Crippen LogP contribution is -2.39. The Morgan fingerprint density at radius 1 is 0.536 bits per heavy atom. The van der Waals surface area contributed by atoms with Gasteiger partial charge in [-0.3, -0.25) is 4.79 Å². The number of rotatable bonds is 9. The van der Waals surface area contributed by atoms with Crippen LogP contribution in [0.15, 0.2) is 167 Å². The van der Waals surface area contributed by atoms with Crippen LogP contribution in [0.5, 0.6) is 5.75 Å². The van der Waals surface area contributed by atoms with Gasteiger partial charge in [-0.25, -0.2) is 9.97 Å². The van der Waals surface area contributed by atoms with Crippen molar-refractivity contribution in [2.45, 2.75) is 42.9 Å². The second-order valence-corrected chi connectivity index (χ2v) is 17.0. The molecule has 2 heterocycles. The topological polar surface area (TPSA) is 52.1 Å². The van der Waals surface area contributed by atoms with E-state index in [1.54, 1.807) is 0 Å². The van der Waals surface area contributed by atoms with E-state index in [1.165, 1.54) is 22.3 Å². The maximum atomic E-state index is 14.0. The Balaban J connectivity index is 1.24. The summed E-state index contributed by atoms with van der Waals surface area (Å²) in [7, 11) is 0. The molecule has 2 aromatic heterocycles. The fraction of sp³-hybridized carbons (Fsp3) is 0.140. The molecule has 2 aliphatic carbocycles. The Kier molecular flexibility index (Phi) is 8.72. The van der Waals surface area contributed by atoms with Gasteiger partial charge in [0.25, 0.3) is 0 Å². The number of nitrogens with zero attached hydrogens (tertiary/aromatic N) is 2. The molecule has 6 aromatic carbocycles. The summed E-state index contributed by atoms with van der Waals surface area (Å²) in [6, 6.07) is 55.0. The van der Waals surface area contributed by atoms with Gasteiger partial charge in [0.15, 0.2) is 0 Å². The molecule has 2 aliphatic rings. The quantitative estimate of drug-likeness (QED) is 0.107. The molecule has 56 heavy (non-hydrogen) atoms. The molecule has 0 fully saturated rings. The average Bonchev–Trinajstić information content (AvgIpc) is 3.62. The number of halogens is 2. The minimum Gasteiger partial charge on any atom is -0.427 e. The number of esters is 1. The molecule has 272 valence electrons. The maximum Gasteiger partial charge on any atom is 0.311 e. The second-order valence-electron chi connectivity index (χ2n) is 15.1. The molecule has 0 bridgehead atoms. The highest BCUT2D eigenvalue weighted by Gasteiger charge is 2.54. The lowest BCUT2D eigenvalue weighted by atomic mass is 9.59. The van der Waals surface area contributed by atoms with E-state index in [0.717, 1.165) is 71.7 Å². The summed E-state index contributed by atoms with van der Waals surface area (Å²) in [5, 5.41) is 2.20. The van der Waals surface area contributed by atoms with Crippen LogP contribution in [0.3, 0.4) is 0 Å². The SMILES string of the molecule is O=C(CC[C@]1(C[C@]2(CCc3ccccc3)c3cc(Br)ccc3-c3nc4ccccc4cc32)c2cc(Br)ccc2-c2nc3ccccc3cc21)Oc1ccccc1. The number of ether oxygens (including phenoxy) is 1. The lowest BCUT2D eigenvalue weighted by Gasteiger charge is -2.43. The van der Waals surface area contributed by atoms with E-state index in [4.69, 9.17) is 14.7 Å². The third-order valence-electron chi connectivity index (χ3n) is 12.0. The minimum absolute atomic E-state index is 0.218. The Morgan fingerprint density at radius 3 is 1.61 bits per heavy atom. The van der Waals surface area contributed by atoms with Gasteiger partial charge in [-0.2, -0.15) is 0 Å². The summed E-state index contributed by atoms with van der Waals surface area (Å²) in [5.41, 5.74) is 11.2. The number of para-hydroxylation sites is 3. The molecular weight excluding hydrogens is 820 g/mol. The number of carbonyl (C=O) groups is 1. The number of benzene rings is 6. The monoisotopic (exact) mass is 854 g/mol. The van der Waals surface area contributed by atoms with E-state index in [2.05, 4.69) is 153 Å². The van der Waals surface area contributed by atoms with Gasteiger partial charge in [0.05, 0.1) is 22.4 Å². The second kappa shape index (κ2) is 13.9. The molecule has 0 saturated carbocycles. The summed E-state index contributed by atoms with van der Waals surface area (Å²) < 4.78 is 8.01. The normalized spacial score (nSPS) is 17.7.